The third-order valence-electron chi connectivity index (χ3n) is 1.28. The zero-order valence-electron chi connectivity index (χ0n) is 5.79. The molecule has 2 aromatic heterocycles. The lowest BCUT2D eigenvalue weighted by atomic mass is 10.6. The Morgan fingerprint density at radius 3 is 3.00 bits per heavy atom. The summed E-state index contributed by atoms with van der Waals surface area (Å²) in [5, 5.41) is 1.08. The van der Waals surface area contributed by atoms with Gasteiger partial charge in [0, 0.05) is 0 Å². The highest BCUT2D eigenvalue weighted by Crippen LogP contribution is 2.21. The van der Waals surface area contributed by atoms with Crippen LogP contribution in [0.15, 0.2) is 6.20 Å². The molecule has 62 valence electrons. The lowest BCUT2D eigenvalue weighted by Gasteiger charge is -1.85. The van der Waals surface area contributed by atoms with E-state index in [0.717, 1.165) is 15.4 Å². The van der Waals surface area contributed by atoms with Crippen molar-refractivity contribution in [2.24, 2.45) is 0 Å². The van der Waals surface area contributed by atoms with Crippen molar-refractivity contribution in [3.63, 3.8) is 0 Å². The third-order valence-corrected chi connectivity index (χ3v) is 2.84. The van der Waals surface area contributed by atoms with Gasteiger partial charge in [-0.2, -0.15) is 0 Å². The van der Waals surface area contributed by atoms with Gasteiger partial charge in [0.05, 0.1) is 12.1 Å². The van der Waals surface area contributed by atoms with E-state index < -0.39 is 0 Å². The van der Waals surface area contributed by atoms with Gasteiger partial charge in [0.15, 0.2) is 0 Å². The first kappa shape index (κ1) is 8.16. The van der Waals surface area contributed by atoms with Crippen LogP contribution in [-0.2, 0) is 5.88 Å². The van der Waals surface area contributed by atoms with Crippen molar-refractivity contribution in [2.75, 3.05) is 0 Å². The Labute approximate surface area is 82.4 Å². The molecule has 2 rings (SSSR count). The third kappa shape index (κ3) is 1.37. The molecule has 12 heavy (non-hydrogen) atoms. The zero-order valence-corrected chi connectivity index (χ0v) is 8.12. The van der Waals surface area contributed by atoms with E-state index in [1.165, 1.54) is 11.3 Å². The normalized spacial score (nSPS) is 10.8. The van der Waals surface area contributed by atoms with E-state index >= 15 is 0 Å². The molecule has 0 aromatic carbocycles. The van der Waals surface area contributed by atoms with Gasteiger partial charge in [0.25, 0.3) is 0 Å². The van der Waals surface area contributed by atoms with E-state index in [-0.39, 0.29) is 5.28 Å². The predicted molar refractivity (Wildman–Crippen MR) is 49.8 cm³/mol. The first-order valence-electron chi connectivity index (χ1n) is 3.13. The van der Waals surface area contributed by atoms with Gasteiger partial charge in [0.2, 0.25) is 5.28 Å². The van der Waals surface area contributed by atoms with Crippen LogP contribution in [0, 0.1) is 0 Å². The molecule has 2 heterocycles. The standard InChI is InChI=1S/C6H3Cl2N3S/c7-1-4-10-3-2-9-6(8)11-5(3)12-4/h2H,1H2. The molecular weight excluding hydrogens is 217 g/mol. The number of alkyl halides is 1. The molecule has 0 unspecified atom stereocenters. The fraction of sp³-hybridized carbons (Fsp3) is 0.167. The second-order valence-corrected chi connectivity index (χ2v) is 3.74. The van der Waals surface area contributed by atoms with Crippen LogP contribution in [-0.4, -0.2) is 15.0 Å². The number of halogens is 2. The van der Waals surface area contributed by atoms with Gasteiger partial charge in [-0.15, -0.1) is 11.6 Å². The van der Waals surface area contributed by atoms with Crippen LogP contribution in [0.2, 0.25) is 5.28 Å². The molecule has 0 aliphatic heterocycles. The SMILES string of the molecule is ClCc1nc2cnc(Cl)nc2s1. The molecule has 0 aliphatic carbocycles. The fourth-order valence-corrected chi connectivity index (χ4v) is 1.98. The maximum atomic E-state index is 5.60. The number of fused-ring (bicyclic) bond motifs is 1. The lowest BCUT2D eigenvalue weighted by molar-refractivity contribution is 1.21. The molecule has 0 atom stereocenters. The van der Waals surface area contributed by atoms with Crippen molar-refractivity contribution < 1.29 is 0 Å². The number of rotatable bonds is 1. The van der Waals surface area contributed by atoms with Crippen molar-refractivity contribution in [1.82, 2.24) is 15.0 Å². The largest absolute Gasteiger partial charge is 0.237 e. The second kappa shape index (κ2) is 3.12. The van der Waals surface area contributed by atoms with E-state index in [1.807, 2.05) is 0 Å². The molecule has 2 aromatic rings. The second-order valence-electron chi connectivity index (χ2n) is 2.07. The summed E-state index contributed by atoms with van der Waals surface area (Å²) in [7, 11) is 0. The van der Waals surface area contributed by atoms with Gasteiger partial charge in [0.1, 0.15) is 15.4 Å². The Hall–Kier alpha value is -0.450. The van der Waals surface area contributed by atoms with Crippen LogP contribution >= 0.6 is 34.5 Å². The molecule has 0 bridgehead atoms. The van der Waals surface area contributed by atoms with Crippen molar-refractivity contribution in [3.05, 3.63) is 16.5 Å². The number of aromatic nitrogens is 3. The average Bonchev–Trinajstić information content (AvgIpc) is 2.46. The Kier molecular flexibility index (Phi) is 2.12. The van der Waals surface area contributed by atoms with Crippen LogP contribution in [0.3, 0.4) is 0 Å². The summed E-state index contributed by atoms with van der Waals surface area (Å²) in [5.41, 5.74) is 0.750. The Morgan fingerprint density at radius 2 is 2.25 bits per heavy atom. The fourth-order valence-electron chi connectivity index (χ4n) is 0.817. The summed E-state index contributed by atoms with van der Waals surface area (Å²) >= 11 is 12.6. The van der Waals surface area contributed by atoms with Gasteiger partial charge in [-0.1, -0.05) is 11.3 Å². The quantitative estimate of drug-likeness (QED) is 0.547. The monoisotopic (exact) mass is 219 g/mol. The molecule has 0 aliphatic rings. The summed E-state index contributed by atoms with van der Waals surface area (Å²) in [6.45, 7) is 0. The minimum atomic E-state index is 0.243. The molecule has 3 nitrogen and oxygen atoms in total. The molecular formula is C6H3Cl2N3S. The molecule has 0 amide bonds. The van der Waals surface area contributed by atoms with E-state index in [9.17, 15) is 0 Å². The molecule has 0 N–H and O–H groups in total. The molecule has 0 saturated carbocycles. The lowest BCUT2D eigenvalue weighted by Crippen LogP contribution is -1.79. The van der Waals surface area contributed by atoms with Gasteiger partial charge in [-0.25, -0.2) is 15.0 Å². The van der Waals surface area contributed by atoms with E-state index in [4.69, 9.17) is 23.2 Å². The van der Waals surface area contributed by atoms with Crippen LogP contribution in [0.4, 0.5) is 0 Å². The smallest absolute Gasteiger partial charge is 0.223 e. The molecule has 0 spiro atoms. The highest BCUT2D eigenvalue weighted by molar-refractivity contribution is 7.18. The maximum absolute atomic E-state index is 5.60. The van der Waals surface area contributed by atoms with E-state index in [2.05, 4.69) is 15.0 Å². The predicted octanol–water partition coefficient (Wildman–Crippen LogP) is 2.48. The Morgan fingerprint density at radius 1 is 1.42 bits per heavy atom. The zero-order chi connectivity index (χ0) is 8.55. The molecule has 6 heteroatoms. The van der Waals surface area contributed by atoms with Crippen molar-refractivity contribution in [3.8, 4) is 0 Å². The Bertz CT molecular complexity index is 414. The van der Waals surface area contributed by atoms with E-state index in [1.54, 1.807) is 6.20 Å². The van der Waals surface area contributed by atoms with Gasteiger partial charge in [-0.05, 0) is 11.6 Å². The molecule has 0 saturated heterocycles. The van der Waals surface area contributed by atoms with Crippen molar-refractivity contribution in [2.45, 2.75) is 5.88 Å². The molecule has 0 radical (unpaired) electrons. The summed E-state index contributed by atoms with van der Waals surface area (Å²) < 4.78 is 0. The van der Waals surface area contributed by atoms with Gasteiger partial charge >= 0.3 is 0 Å². The number of hydrogen-bond acceptors (Lipinski definition) is 4. The summed E-state index contributed by atoms with van der Waals surface area (Å²) in [4.78, 5) is 12.8. The summed E-state index contributed by atoms with van der Waals surface area (Å²) in [6.07, 6.45) is 1.59. The number of nitrogens with zero attached hydrogens (tertiary/aromatic N) is 3. The van der Waals surface area contributed by atoms with E-state index in [0.29, 0.717) is 5.88 Å². The topological polar surface area (TPSA) is 38.7 Å². The first-order valence-corrected chi connectivity index (χ1v) is 4.86. The van der Waals surface area contributed by atoms with Crippen molar-refractivity contribution >= 4 is 44.9 Å². The minimum Gasteiger partial charge on any atom is -0.237 e. The summed E-state index contributed by atoms with van der Waals surface area (Å²) in [5.74, 6) is 0.401. The summed E-state index contributed by atoms with van der Waals surface area (Å²) in [6, 6.07) is 0. The number of hydrogen-bond donors (Lipinski definition) is 0. The van der Waals surface area contributed by atoms with Crippen molar-refractivity contribution in [1.29, 1.82) is 0 Å². The van der Waals surface area contributed by atoms with Crippen LogP contribution in [0.25, 0.3) is 10.3 Å². The minimum absolute atomic E-state index is 0.243. The average molecular weight is 220 g/mol. The van der Waals surface area contributed by atoms with Crippen LogP contribution in [0.1, 0.15) is 5.01 Å². The first-order chi connectivity index (χ1) is 5.79. The van der Waals surface area contributed by atoms with Gasteiger partial charge in [-0.3, -0.25) is 0 Å². The maximum Gasteiger partial charge on any atom is 0.223 e. The Balaban J connectivity index is 2.67. The molecule has 0 fully saturated rings. The van der Waals surface area contributed by atoms with Gasteiger partial charge < -0.3 is 0 Å². The highest BCUT2D eigenvalue weighted by atomic mass is 35.5. The highest BCUT2D eigenvalue weighted by Gasteiger charge is 2.04. The van der Waals surface area contributed by atoms with Crippen LogP contribution < -0.4 is 0 Å². The number of thiazole rings is 1. The van der Waals surface area contributed by atoms with Crippen LogP contribution in [0.5, 0.6) is 0 Å².